The topological polar surface area (TPSA) is 107 Å². The van der Waals surface area contributed by atoms with Crippen LogP contribution in [0.3, 0.4) is 0 Å². The van der Waals surface area contributed by atoms with Crippen LogP contribution in [0.1, 0.15) is 0 Å². The highest BCUT2D eigenvalue weighted by molar-refractivity contribution is 5.88. The van der Waals surface area contributed by atoms with Gasteiger partial charge in [-0.2, -0.15) is 4.98 Å². The summed E-state index contributed by atoms with van der Waals surface area (Å²) in [7, 11) is 0. The molecule has 0 aliphatic rings. The minimum Gasteiger partial charge on any atom is -0.383 e. The Labute approximate surface area is 84.1 Å². The van der Waals surface area contributed by atoms with Gasteiger partial charge in [-0.1, -0.05) is 17.6 Å². The molecule has 0 amide bonds. The molecule has 0 aliphatic heterocycles. The molecule has 0 radical (unpaired) electrons. The number of benzene rings is 1. The molecule has 0 saturated heterocycles. The zero-order valence-electron chi connectivity index (χ0n) is 7.54. The molecule has 0 fully saturated rings. The van der Waals surface area contributed by atoms with Crippen LogP contribution in [0.25, 0.3) is 10.9 Å². The number of hydrazine groups is 1. The lowest BCUT2D eigenvalue weighted by Gasteiger charge is -2.01. The molecule has 7 nitrogen and oxygen atoms in total. The quantitative estimate of drug-likeness (QED) is 0.555. The molecule has 1 heterocycles. The molecule has 0 atom stereocenters. The second-order valence-corrected chi connectivity index (χ2v) is 2.82. The molecule has 15 heavy (non-hydrogen) atoms. The van der Waals surface area contributed by atoms with Crippen LogP contribution >= 0.6 is 0 Å². The lowest BCUT2D eigenvalue weighted by atomic mass is 10.2. The number of rotatable bonds is 2. The third kappa shape index (κ3) is 1.75. The summed E-state index contributed by atoms with van der Waals surface area (Å²) >= 11 is 0. The summed E-state index contributed by atoms with van der Waals surface area (Å²) in [6, 6.07) is 7.02. The van der Waals surface area contributed by atoms with E-state index >= 15 is 0 Å². The van der Waals surface area contributed by atoms with Crippen molar-refractivity contribution in [3.05, 3.63) is 34.4 Å². The molecule has 76 valence electrons. The number of nitrogens with two attached hydrogens (primary N) is 1. The summed E-state index contributed by atoms with van der Waals surface area (Å²) in [5.74, 6) is 0.0983. The van der Waals surface area contributed by atoms with Gasteiger partial charge in [-0.25, -0.2) is 15.1 Å². The number of nitro groups is 1. The fraction of sp³-hybridized carbons (Fsp3) is 0. The molecule has 0 aliphatic carbocycles. The van der Waals surface area contributed by atoms with Crippen molar-refractivity contribution in [1.82, 2.24) is 9.97 Å². The normalized spacial score (nSPS) is 10.1. The lowest BCUT2D eigenvalue weighted by molar-refractivity contribution is -0.446. The third-order valence-corrected chi connectivity index (χ3v) is 1.82. The van der Waals surface area contributed by atoms with E-state index in [1.54, 1.807) is 24.3 Å². The fourth-order valence-corrected chi connectivity index (χ4v) is 1.23. The Balaban J connectivity index is 2.57. The van der Waals surface area contributed by atoms with Crippen molar-refractivity contribution >= 4 is 22.7 Å². The maximum Gasteiger partial charge on any atom is 0.287 e. The Bertz CT molecular complexity index is 527. The van der Waals surface area contributed by atoms with Gasteiger partial charge in [0, 0.05) is 5.39 Å². The smallest absolute Gasteiger partial charge is 0.287 e. The summed E-state index contributed by atoms with van der Waals surface area (Å²) in [5, 5.41) is 10.1. The van der Waals surface area contributed by atoms with Crippen LogP contribution in [0.4, 0.5) is 11.8 Å². The first-order chi connectivity index (χ1) is 7.16. The molecule has 0 unspecified atom stereocenters. The van der Waals surface area contributed by atoms with Crippen molar-refractivity contribution in [2.24, 2.45) is 0 Å². The summed E-state index contributed by atoms with van der Waals surface area (Å²) in [4.78, 5) is 17.9. The molecule has 0 bridgehead atoms. The van der Waals surface area contributed by atoms with Crippen LogP contribution < -0.4 is 11.2 Å². The van der Waals surface area contributed by atoms with Crippen molar-refractivity contribution in [3.8, 4) is 0 Å². The first kappa shape index (κ1) is 9.13. The van der Waals surface area contributed by atoms with Crippen LogP contribution in [-0.4, -0.2) is 15.0 Å². The summed E-state index contributed by atoms with van der Waals surface area (Å²) in [6.45, 7) is 0. The predicted molar refractivity (Wildman–Crippen MR) is 54.6 cm³/mol. The van der Waals surface area contributed by atoms with Gasteiger partial charge in [0.15, 0.2) is 5.03 Å². The first-order valence-corrected chi connectivity index (χ1v) is 4.10. The van der Waals surface area contributed by atoms with Crippen molar-refractivity contribution in [1.29, 1.82) is 0 Å². The summed E-state index contributed by atoms with van der Waals surface area (Å²) in [5.41, 5.74) is 8.04. The van der Waals surface area contributed by atoms with Crippen LogP contribution in [0, 0.1) is 10.1 Å². The highest BCUT2D eigenvalue weighted by Crippen LogP contribution is 2.18. The second-order valence-electron chi connectivity index (χ2n) is 2.82. The van der Waals surface area contributed by atoms with Gasteiger partial charge in [-0.3, -0.25) is 0 Å². The maximum absolute atomic E-state index is 10.2. The van der Waals surface area contributed by atoms with Gasteiger partial charge < -0.3 is 5.73 Å². The average Bonchev–Trinajstić information content (AvgIpc) is 2.16. The van der Waals surface area contributed by atoms with Crippen LogP contribution in [-0.2, 0) is 0 Å². The van der Waals surface area contributed by atoms with Gasteiger partial charge in [-0.15, -0.1) is 0 Å². The van der Waals surface area contributed by atoms with Gasteiger partial charge in [0.1, 0.15) is 5.82 Å². The fourth-order valence-electron chi connectivity index (χ4n) is 1.23. The number of hydrogen-bond acceptors (Lipinski definition) is 5. The van der Waals surface area contributed by atoms with E-state index in [1.165, 1.54) is 0 Å². The van der Waals surface area contributed by atoms with Gasteiger partial charge in [0.05, 0.1) is 5.52 Å². The van der Waals surface area contributed by atoms with Crippen LogP contribution in [0.15, 0.2) is 24.3 Å². The number of hydrogen-bond donors (Lipinski definition) is 2. The Hall–Kier alpha value is -2.44. The number of anilines is 2. The highest BCUT2D eigenvalue weighted by Gasteiger charge is 2.07. The van der Waals surface area contributed by atoms with E-state index in [4.69, 9.17) is 5.73 Å². The molecule has 7 heteroatoms. The second kappa shape index (κ2) is 3.37. The van der Waals surface area contributed by atoms with E-state index in [9.17, 15) is 10.1 Å². The van der Waals surface area contributed by atoms with Gasteiger partial charge in [0.25, 0.3) is 5.95 Å². The molecular weight excluding hydrogens is 198 g/mol. The van der Waals surface area contributed by atoms with E-state index in [0.717, 1.165) is 0 Å². The predicted octanol–water partition coefficient (Wildman–Crippen LogP) is 0.816. The zero-order valence-corrected chi connectivity index (χ0v) is 7.54. The van der Waals surface area contributed by atoms with Crippen molar-refractivity contribution in [2.45, 2.75) is 0 Å². The van der Waals surface area contributed by atoms with Crippen molar-refractivity contribution < 1.29 is 5.03 Å². The van der Waals surface area contributed by atoms with Crippen LogP contribution in [0.2, 0.25) is 0 Å². The molecule has 2 aromatic rings. The Morgan fingerprint density at radius 2 is 2.07 bits per heavy atom. The van der Waals surface area contributed by atoms with Crippen molar-refractivity contribution in [3.63, 3.8) is 0 Å². The van der Waals surface area contributed by atoms with Gasteiger partial charge >= 0.3 is 0 Å². The number of nitrogens with one attached hydrogen (secondary N) is 1. The number of nitrogen functional groups attached to an aromatic ring is 1. The average molecular weight is 205 g/mol. The monoisotopic (exact) mass is 205 g/mol. The maximum atomic E-state index is 10.2. The minimum absolute atomic E-state index is 0.115. The largest absolute Gasteiger partial charge is 0.383 e. The Kier molecular flexibility index (Phi) is 2.05. The zero-order chi connectivity index (χ0) is 10.8. The number of fused-ring (bicyclic) bond motifs is 1. The number of nitrogens with zero attached hydrogens (tertiary/aromatic N) is 3. The van der Waals surface area contributed by atoms with E-state index in [2.05, 4.69) is 9.97 Å². The van der Waals surface area contributed by atoms with Gasteiger partial charge in [-0.05, 0) is 12.1 Å². The third-order valence-electron chi connectivity index (χ3n) is 1.82. The van der Waals surface area contributed by atoms with E-state index in [-0.39, 0.29) is 11.8 Å². The molecule has 1 aromatic heterocycles. The number of aromatic nitrogens is 2. The standard InChI is InChI=1S/C8H7N5O2/c9-7-5-3-1-2-4-6(5)10-8(11-7)12-13(14)15/h1-4H,(H3,9,10,11,12). The van der Waals surface area contributed by atoms with Gasteiger partial charge in [0.2, 0.25) is 0 Å². The lowest BCUT2D eigenvalue weighted by Crippen LogP contribution is -2.12. The van der Waals surface area contributed by atoms with E-state index < -0.39 is 5.03 Å². The SMILES string of the molecule is Nc1nc(N[N+](=O)[O-])nc2ccccc12. The molecule has 0 spiro atoms. The highest BCUT2D eigenvalue weighted by atomic mass is 16.7. The number of para-hydroxylation sites is 1. The molecule has 3 N–H and O–H groups in total. The van der Waals surface area contributed by atoms with E-state index in [0.29, 0.717) is 10.9 Å². The summed E-state index contributed by atoms with van der Waals surface area (Å²) < 4.78 is 0. The molecule has 0 saturated carbocycles. The van der Waals surface area contributed by atoms with E-state index in [1.807, 2.05) is 5.43 Å². The first-order valence-electron chi connectivity index (χ1n) is 4.10. The Morgan fingerprint density at radius 3 is 2.80 bits per heavy atom. The molecule has 2 rings (SSSR count). The summed E-state index contributed by atoms with van der Waals surface area (Å²) in [6.07, 6.45) is 0. The molecular formula is C8H7N5O2. The minimum atomic E-state index is -0.733. The molecule has 1 aromatic carbocycles. The van der Waals surface area contributed by atoms with Crippen molar-refractivity contribution in [2.75, 3.05) is 11.2 Å². The van der Waals surface area contributed by atoms with Crippen LogP contribution in [0.5, 0.6) is 0 Å². The Morgan fingerprint density at radius 1 is 1.33 bits per heavy atom.